The van der Waals surface area contributed by atoms with Crippen LogP contribution in [0.15, 0.2) is 12.2 Å². The second-order valence-electron chi connectivity index (χ2n) is 9.82. The normalized spacial score (nSPS) is 12.4. The van der Waals surface area contributed by atoms with Crippen molar-refractivity contribution in [3.8, 4) is 0 Å². The Balaban J connectivity index is 3.63. The van der Waals surface area contributed by atoms with Crippen molar-refractivity contribution in [1.82, 2.24) is 0 Å². The van der Waals surface area contributed by atoms with E-state index in [1.165, 1.54) is 83.5 Å². The lowest BCUT2D eigenvalue weighted by Crippen LogP contribution is -2.42. The van der Waals surface area contributed by atoms with Crippen molar-refractivity contribution in [3.05, 3.63) is 12.2 Å². The molecule has 0 bridgehead atoms. The molecule has 0 amide bonds. The highest BCUT2D eigenvalue weighted by Crippen LogP contribution is 2.36. The highest BCUT2D eigenvalue weighted by molar-refractivity contribution is 5.98. The SMILES string of the molecule is CCCCCCCC/C=C\CCCCCCCCCC(=O)C(C=O)(C(C)C)C(C)C. The van der Waals surface area contributed by atoms with E-state index < -0.39 is 5.41 Å². The first-order chi connectivity index (χ1) is 14.4. The summed E-state index contributed by atoms with van der Waals surface area (Å²) in [5, 5.41) is 0. The van der Waals surface area contributed by atoms with Crippen LogP contribution in [0.2, 0.25) is 0 Å². The van der Waals surface area contributed by atoms with E-state index in [9.17, 15) is 9.59 Å². The van der Waals surface area contributed by atoms with Crippen molar-refractivity contribution in [2.24, 2.45) is 17.3 Å². The number of aldehydes is 1. The Bertz CT molecular complexity index is 440. The van der Waals surface area contributed by atoms with Gasteiger partial charge in [-0.15, -0.1) is 0 Å². The molecule has 2 nitrogen and oxygen atoms in total. The largest absolute Gasteiger partial charge is 0.302 e. The fourth-order valence-electron chi connectivity index (χ4n) is 4.57. The molecule has 0 heterocycles. The summed E-state index contributed by atoms with van der Waals surface area (Å²) in [6.45, 7) is 10.3. The molecule has 0 aliphatic carbocycles. The van der Waals surface area contributed by atoms with Gasteiger partial charge in [0, 0.05) is 6.42 Å². The number of hydrogen-bond acceptors (Lipinski definition) is 2. The molecule has 2 heteroatoms. The smallest absolute Gasteiger partial charge is 0.146 e. The van der Waals surface area contributed by atoms with E-state index >= 15 is 0 Å². The molecule has 0 spiro atoms. The standard InChI is InChI=1S/C28H52O2/c1-6-7-8-9-10-11-12-13-14-15-16-17-18-19-20-21-22-23-27(30)28(24-29,25(2)3)26(4)5/h13-14,24-26H,6-12,15-23H2,1-5H3/b14-13-. The molecule has 0 N–H and O–H groups in total. The van der Waals surface area contributed by atoms with Gasteiger partial charge in [0.25, 0.3) is 0 Å². The Kier molecular flexibility index (Phi) is 18.2. The monoisotopic (exact) mass is 420 g/mol. The summed E-state index contributed by atoms with van der Waals surface area (Å²) in [7, 11) is 0. The predicted octanol–water partition coefficient (Wildman–Crippen LogP) is 8.87. The van der Waals surface area contributed by atoms with Gasteiger partial charge in [-0.2, -0.15) is 0 Å². The van der Waals surface area contributed by atoms with Crippen LogP contribution in [0.5, 0.6) is 0 Å². The van der Waals surface area contributed by atoms with Crippen molar-refractivity contribution in [2.75, 3.05) is 0 Å². The molecule has 0 unspecified atom stereocenters. The molecular formula is C28H52O2. The van der Waals surface area contributed by atoms with Gasteiger partial charge in [0.2, 0.25) is 0 Å². The van der Waals surface area contributed by atoms with Crippen LogP contribution in [0.4, 0.5) is 0 Å². The fourth-order valence-corrected chi connectivity index (χ4v) is 4.57. The molecule has 176 valence electrons. The molecule has 0 rings (SSSR count). The molecule has 0 aromatic rings. The van der Waals surface area contributed by atoms with E-state index in [2.05, 4.69) is 19.1 Å². The first kappa shape index (κ1) is 29.1. The maximum atomic E-state index is 12.7. The zero-order chi connectivity index (χ0) is 22.7. The average Bonchev–Trinajstić information content (AvgIpc) is 2.70. The molecule has 0 radical (unpaired) electrons. The van der Waals surface area contributed by atoms with Gasteiger partial charge in [-0.1, -0.05) is 111 Å². The van der Waals surface area contributed by atoms with Crippen LogP contribution < -0.4 is 0 Å². The van der Waals surface area contributed by atoms with Crippen molar-refractivity contribution in [2.45, 2.75) is 137 Å². The molecule has 30 heavy (non-hydrogen) atoms. The topological polar surface area (TPSA) is 34.1 Å². The van der Waals surface area contributed by atoms with Gasteiger partial charge in [0.05, 0.1) is 5.41 Å². The third kappa shape index (κ3) is 12.1. The van der Waals surface area contributed by atoms with E-state index in [4.69, 9.17) is 0 Å². The molecule has 0 saturated carbocycles. The number of allylic oxidation sites excluding steroid dienone is 2. The lowest BCUT2D eigenvalue weighted by molar-refractivity contribution is -0.141. The van der Waals surface area contributed by atoms with Crippen LogP contribution in [0.1, 0.15) is 137 Å². The molecule has 0 aromatic heterocycles. The third-order valence-electron chi connectivity index (χ3n) is 6.75. The Morgan fingerprint density at radius 3 is 1.47 bits per heavy atom. The van der Waals surface area contributed by atoms with Crippen molar-refractivity contribution >= 4 is 12.1 Å². The summed E-state index contributed by atoms with van der Waals surface area (Å²) in [5.74, 6) is 0.292. The predicted molar refractivity (Wildman–Crippen MR) is 132 cm³/mol. The van der Waals surface area contributed by atoms with Crippen LogP contribution in [-0.4, -0.2) is 12.1 Å². The Hall–Kier alpha value is -0.920. The first-order valence-electron chi connectivity index (χ1n) is 13.1. The number of Topliss-reactive ketones (excluding diaryl/α,β-unsaturated/α-hetero) is 1. The summed E-state index contributed by atoms with van der Waals surface area (Å²) in [4.78, 5) is 24.4. The van der Waals surface area contributed by atoms with Gasteiger partial charge in [0.15, 0.2) is 0 Å². The lowest BCUT2D eigenvalue weighted by atomic mass is 9.66. The maximum absolute atomic E-state index is 12.7. The van der Waals surface area contributed by atoms with Crippen LogP contribution in [-0.2, 0) is 9.59 Å². The van der Waals surface area contributed by atoms with E-state index in [1.54, 1.807) is 0 Å². The zero-order valence-corrected chi connectivity index (χ0v) is 21.0. The van der Waals surface area contributed by atoms with E-state index in [0.717, 1.165) is 19.1 Å². The molecule has 0 atom stereocenters. The molecule has 0 aromatic carbocycles. The van der Waals surface area contributed by atoms with Crippen LogP contribution >= 0.6 is 0 Å². The number of carbonyl (C=O) groups excluding carboxylic acids is 2. The van der Waals surface area contributed by atoms with Crippen LogP contribution in [0.25, 0.3) is 0 Å². The van der Waals surface area contributed by atoms with Crippen LogP contribution in [0.3, 0.4) is 0 Å². The van der Waals surface area contributed by atoms with Crippen molar-refractivity contribution in [1.29, 1.82) is 0 Å². The second kappa shape index (κ2) is 18.8. The molecular weight excluding hydrogens is 368 g/mol. The highest BCUT2D eigenvalue weighted by Gasteiger charge is 2.43. The van der Waals surface area contributed by atoms with Gasteiger partial charge < -0.3 is 4.79 Å². The van der Waals surface area contributed by atoms with E-state index in [1.807, 2.05) is 27.7 Å². The average molecular weight is 421 g/mol. The minimum atomic E-state index is -0.789. The number of rotatable bonds is 21. The lowest BCUT2D eigenvalue weighted by Gasteiger charge is -2.34. The van der Waals surface area contributed by atoms with Crippen LogP contribution in [0, 0.1) is 17.3 Å². The molecule has 0 saturated heterocycles. The zero-order valence-electron chi connectivity index (χ0n) is 21.0. The maximum Gasteiger partial charge on any atom is 0.146 e. The number of hydrogen-bond donors (Lipinski definition) is 0. The van der Waals surface area contributed by atoms with E-state index in [-0.39, 0.29) is 17.6 Å². The second-order valence-corrected chi connectivity index (χ2v) is 9.82. The summed E-state index contributed by atoms with van der Waals surface area (Å²) >= 11 is 0. The van der Waals surface area contributed by atoms with Gasteiger partial charge >= 0.3 is 0 Å². The van der Waals surface area contributed by atoms with Gasteiger partial charge in [0.1, 0.15) is 12.1 Å². The Morgan fingerprint density at radius 2 is 1.07 bits per heavy atom. The van der Waals surface area contributed by atoms with E-state index in [0.29, 0.717) is 6.42 Å². The molecule has 0 fully saturated rings. The summed E-state index contributed by atoms with van der Waals surface area (Å²) in [5.41, 5.74) is -0.789. The van der Waals surface area contributed by atoms with Gasteiger partial charge in [-0.25, -0.2) is 0 Å². The van der Waals surface area contributed by atoms with Gasteiger partial charge in [-0.05, 0) is 43.9 Å². The summed E-state index contributed by atoms with van der Waals surface area (Å²) < 4.78 is 0. The highest BCUT2D eigenvalue weighted by atomic mass is 16.1. The van der Waals surface area contributed by atoms with Crippen molar-refractivity contribution in [3.63, 3.8) is 0 Å². The summed E-state index contributed by atoms with van der Waals surface area (Å²) in [6.07, 6.45) is 25.4. The molecule has 0 aliphatic rings. The Morgan fingerprint density at radius 1 is 0.667 bits per heavy atom. The minimum absolute atomic E-state index is 0.0716. The Labute approximate surface area is 188 Å². The number of unbranched alkanes of at least 4 members (excludes halogenated alkanes) is 13. The number of carbonyl (C=O) groups is 2. The fraction of sp³-hybridized carbons (Fsp3) is 0.857. The third-order valence-corrected chi connectivity index (χ3v) is 6.75. The van der Waals surface area contributed by atoms with Crippen molar-refractivity contribution < 1.29 is 9.59 Å². The summed E-state index contributed by atoms with van der Waals surface area (Å²) in [6, 6.07) is 0. The van der Waals surface area contributed by atoms with Gasteiger partial charge in [-0.3, -0.25) is 4.79 Å². The first-order valence-corrected chi connectivity index (χ1v) is 13.1. The number of ketones is 1. The minimum Gasteiger partial charge on any atom is -0.302 e. The quantitative estimate of drug-likeness (QED) is 0.0804. The molecule has 0 aliphatic heterocycles.